The molecule has 0 aromatic heterocycles. The highest BCUT2D eigenvalue weighted by Crippen LogP contribution is 2.22. The first-order valence-corrected chi connectivity index (χ1v) is 10.4. The number of benzene rings is 2. The first-order valence-electron chi connectivity index (χ1n) is 8.57. The normalized spacial score (nSPS) is 11.4. The second kappa shape index (κ2) is 8.36. The number of hydrogen-bond donors (Lipinski definition) is 0. The fourth-order valence-electron chi connectivity index (χ4n) is 2.78. The Morgan fingerprint density at radius 1 is 1.00 bits per heavy atom. The van der Waals surface area contributed by atoms with E-state index in [2.05, 4.69) is 0 Å². The minimum atomic E-state index is -3.58. The average molecular weight is 375 g/mol. The molecule has 0 aliphatic carbocycles. The Labute approximate surface area is 156 Å². The van der Waals surface area contributed by atoms with Crippen molar-refractivity contribution in [3.8, 4) is 0 Å². The Hall–Kier alpha value is -2.34. The van der Waals surface area contributed by atoms with Gasteiger partial charge in [-0.15, -0.1) is 0 Å². The number of carbonyl (C=O) groups excluding carboxylic acids is 1. The maximum absolute atomic E-state index is 13.0. The minimum Gasteiger partial charge on any atom is -0.334 e. The van der Waals surface area contributed by atoms with Gasteiger partial charge in [-0.1, -0.05) is 48.5 Å². The van der Waals surface area contributed by atoms with Crippen molar-refractivity contribution in [2.24, 2.45) is 0 Å². The number of anilines is 1. The molecule has 0 saturated heterocycles. The topological polar surface area (TPSA) is 57.7 Å². The van der Waals surface area contributed by atoms with Crippen LogP contribution in [0.25, 0.3) is 0 Å². The molecule has 0 saturated carbocycles. The average Bonchev–Trinajstić information content (AvgIpc) is 2.58. The number of sulfonamides is 1. The zero-order valence-corrected chi connectivity index (χ0v) is 16.5. The Kier molecular flexibility index (Phi) is 6.42. The molecule has 0 unspecified atom stereocenters. The molecule has 0 aliphatic heterocycles. The van der Waals surface area contributed by atoms with Crippen molar-refractivity contribution in [2.75, 3.05) is 17.1 Å². The molecule has 0 heterocycles. The van der Waals surface area contributed by atoms with Crippen LogP contribution in [0.1, 0.15) is 25.0 Å². The third-order valence-electron chi connectivity index (χ3n) is 4.20. The molecule has 0 fully saturated rings. The van der Waals surface area contributed by atoms with E-state index in [0.29, 0.717) is 12.2 Å². The molecule has 0 spiro atoms. The standard InChI is InChI=1S/C20H26N2O3S/c1-16(2)21(14-18-11-6-5-7-12-18)20(23)15-22(26(4,24)25)19-13-9-8-10-17(19)3/h5-13,16H,14-15H2,1-4H3. The van der Waals surface area contributed by atoms with Crippen molar-refractivity contribution in [3.05, 3.63) is 65.7 Å². The predicted molar refractivity (Wildman–Crippen MR) is 105 cm³/mol. The molecule has 0 atom stereocenters. The van der Waals surface area contributed by atoms with Crippen LogP contribution in [-0.2, 0) is 21.4 Å². The summed E-state index contributed by atoms with van der Waals surface area (Å²) in [4.78, 5) is 14.7. The second-order valence-corrected chi connectivity index (χ2v) is 8.56. The summed E-state index contributed by atoms with van der Waals surface area (Å²) >= 11 is 0. The zero-order valence-electron chi connectivity index (χ0n) is 15.7. The van der Waals surface area contributed by atoms with Crippen molar-refractivity contribution >= 4 is 21.6 Å². The molecular formula is C20H26N2O3S. The van der Waals surface area contributed by atoms with Gasteiger partial charge < -0.3 is 4.90 Å². The van der Waals surface area contributed by atoms with Crippen LogP contribution < -0.4 is 4.31 Å². The van der Waals surface area contributed by atoms with Gasteiger partial charge >= 0.3 is 0 Å². The van der Waals surface area contributed by atoms with E-state index in [-0.39, 0.29) is 18.5 Å². The largest absolute Gasteiger partial charge is 0.334 e. The summed E-state index contributed by atoms with van der Waals surface area (Å²) in [5, 5.41) is 0. The number of hydrogen-bond acceptors (Lipinski definition) is 3. The van der Waals surface area contributed by atoms with Gasteiger partial charge in [0.1, 0.15) is 6.54 Å². The maximum atomic E-state index is 13.0. The number of aryl methyl sites for hydroxylation is 1. The zero-order chi connectivity index (χ0) is 19.3. The van der Waals surface area contributed by atoms with E-state index in [9.17, 15) is 13.2 Å². The Morgan fingerprint density at radius 3 is 2.12 bits per heavy atom. The van der Waals surface area contributed by atoms with Crippen LogP contribution in [0, 0.1) is 6.92 Å². The summed E-state index contributed by atoms with van der Waals surface area (Å²) in [7, 11) is -3.58. The SMILES string of the molecule is Cc1ccccc1N(CC(=O)N(Cc1ccccc1)C(C)C)S(C)(=O)=O. The van der Waals surface area contributed by atoms with Gasteiger partial charge in [-0.05, 0) is 38.0 Å². The van der Waals surface area contributed by atoms with Crippen LogP contribution in [0.3, 0.4) is 0 Å². The lowest BCUT2D eigenvalue weighted by atomic mass is 10.2. The van der Waals surface area contributed by atoms with Crippen LogP contribution >= 0.6 is 0 Å². The Balaban J connectivity index is 2.28. The number of carbonyl (C=O) groups is 1. The Bertz CT molecular complexity index is 848. The fourth-order valence-corrected chi connectivity index (χ4v) is 3.68. The molecular weight excluding hydrogens is 348 g/mol. The number of amides is 1. The summed E-state index contributed by atoms with van der Waals surface area (Å²) in [5.74, 6) is -0.225. The molecule has 0 aliphatic rings. The van der Waals surface area contributed by atoms with Gasteiger partial charge in [0.05, 0.1) is 11.9 Å². The summed E-state index contributed by atoms with van der Waals surface area (Å²) < 4.78 is 25.8. The first kappa shape index (κ1) is 20.0. The highest BCUT2D eigenvalue weighted by molar-refractivity contribution is 7.92. The minimum absolute atomic E-state index is 0.0408. The van der Waals surface area contributed by atoms with E-state index in [1.807, 2.05) is 63.2 Å². The molecule has 5 nitrogen and oxygen atoms in total. The number of rotatable bonds is 7. The van der Waals surface area contributed by atoms with E-state index in [4.69, 9.17) is 0 Å². The molecule has 1 amide bonds. The van der Waals surface area contributed by atoms with E-state index in [1.54, 1.807) is 17.0 Å². The molecule has 2 aromatic rings. The smallest absolute Gasteiger partial charge is 0.243 e. The third-order valence-corrected chi connectivity index (χ3v) is 5.33. The van der Waals surface area contributed by atoms with Gasteiger partial charge in [0.15, 0.2) is 0 Å². The first-order chi connectivity index (χ1) is 12.2. The molecule has 140 valence electrons. The van der Waals surface area contributed by atoms with E-state index >= 15 is 0 Å². The number of nitrogens with zero attached hydrogens (tertiary/aromatic N) is 2. The quantitative estimate of drug-likeness (QED) is 0.748. The second-order valence-electron chi connectivity index (χ2n) is 6.66. The van der Waals surface area contributed by atoms with E-state index < -0.39 is 10.0 Å². The van der Waals surface area contributed by atoms with Gasteiger partial charge in [0.2, 0.25) is 15.9 Å². The summed E-state index contributed by atoms with van der Waals surface area (Å²) in [5.41, 5.74) is 2.35. The van der Waals surface area contributed by atoms with Gasteiger partial charge in [0, 0.05) is 12.6 Å². The third kappa shape index (κ3) is 5.08. The molecule has 0 bridgehead atoms. The van der Waals surface area contributed by atoms with Gasteiger partial charge in [0.25, 0.3) is 0 Å². The van der Waals surface area contributed by atoms with Gasteiger partial charge in [-0.25, -0.2) is 8.42 Å². The van der Waals surface area contributed by atoms with Crippen LogP contribution in [0.15, 0.2) is 54.6 Å². The van der Waals surface area contributed by atoms with Crippen molar-refractivity contribution in [2.45, 2.75) is 33.4 Å². The van der Waals surface area contributed by atoms with Crippen molar-refractivity contribution in [1.82, 2.24) is 4.90 Å². The summed E-state index contributed by atoms with van der Waals surface area (Å²) in [6.45, 7) is 5.93. The highest BCUT2D eigenvalue weighted by atomic mass is 32.2. The number of para-hydroxylation sites is 1. The van der Waals surface area contributed by atoms with E-state index in [1.165, 1.54) is 4.31 Å². The molecule has 2 aromatic carbocycles. The molecule has 0 radical (unpaired) electrons. The molecule has 6 heteroatoms. The van der Waals surface area contributed by atoms with Crippen LogP contribution in [0.4, 0.5) is 5.69 Å². The van der Waals surface area contributed by atoms with Crippen LogP contribution in [0.2, 0.25) is 0 Å². The lowest BCUT2D eigenvalue weighted by Gasteiger charge is -2.31. The molecule has 26 heavy (non-hydrogen) atoms. The lowest BCUT2D eigenvalue weighted by molar-refractivity contribution is -0.131. The fraction of sp³-hybridized carbons (Fsp3) is 0.350. The van der Waals surface area contributed by atoms with Crippen LogP contribution in [0.5, 0.6) is 0 Å². The van der Waals surface area contributed by atoms with Crippen molar-refractivity contribution in [1.29, 1.82) is 0 Å². The van der Waals surface area contributed by atoms with Gasteiger partial charge in [-0.2, -0.15) is 0 Å². The van der Waals surface area contributed by atoms with Gasteiger partial charge in [-0.3, -0.25) is 9.10 Å². The molecule has 0 N–H and O–H groups in total. The van der Waals surface area contributed by atoms with E-state index in [0.717, 1.165) is 17.4 Å². The monoisotopic (exact) mass is 374 g/mol. The Morgan fingerprint density at radius 2 is 1.58 bits per heavy atom. The summed E-state index contributed by atoms with van der Waals surface area (Å²) in [6.07, 6.45) is 1.13. The van der Waals surface area contributed by atoms with Crippen LogP contribution in [-0.4, -0.2) is 38.1 Å². The predicted octanol–water partition coefficient (Wildman–Crippen LogP) is 3.20. The summed E-state index contributed by atoms with van der Waals surface area (Å²) in [6, 6.07) is 16.8. The van der Waals surface area contributed by atoms with Crippen molar-refractivity contribution < 1.29 is 13.2 Å². The lowest BCUT2D eigenvalue weighted by Crippen LogP contribution is -2.45. The highest BCUT2D eigenvalue weighted by Gasteiger charge is 2.26. The van der Waals surface area contributed by atoms with Crippen molar-refractivity contribution in [3.63, 3.8) is 0 Å². The maximum Gasteiger partial charge on any atom is 0.243 e. The molecule has 2 rings (SSSR count).